The van der Waals surface area contributed by atoms with Crippen LogP contribution >= 0.6 is 0 Å². The Bertz CT molecular complexity index is 846. The predicted molar refractivity (Wildman–Crippen MR) is 68.7 cm³/mol. The summed E-state index contributed by atoms with van der Waals surface area (Å²) in [5.74, 6) is -1.22. The number of hydrogen-bond acceptors (Lipinski definition) is 4. The Balaban J connectivity index is 2.44. The minimum absolute atomic E-state index is 0.305. The largest absolute Gasteiger partial charge is 0.550 e. The first-order valence-corrected chi connectivity index (χ1v) is 5.79. The minimum Gasteiger partial charge on any atom is -0.550 e. The van der Waals surface area contributed by atoms with Crippen LogP contribution in [0.2, 0.25) is 0 Å². The second-order valence-electron chi connectivity index (χ2n) is 4.30. The normalized spacial score (nSPS) is 10.9. The summed E-state index contributed by atoms with van der Waals surface area (Å²) in [5, 5.41) is 13.1. The van der Waals surface area contributed by atoms with E-state index in [2.05, 4.69) is 0 Å². The lowest BCUT2D eigenvalue weighted by Crippen LogP contribution is -2.25. The molecule has 4 heteroatoms. The molecule has 0 bridgehead atoms. The highest BCUT2D eigenvalue weighted by molar-refractivity contribution is 6.05. The van der Waals surface area contributed by atoms with E-state index in [-0.39, 0.29) is 6.42 Å². The average Bonchev–Trinajstić information content (AvgIpc) is 2.37. The van der Waals surface area contributed by atoms with E-state index in [1.54, 1.807) is 6.07 Å². The third-order valence-corrected chi connectivity index (χ3v) is 3.06. The number of carboxylic acid groups (broad SMARTS) is 1. The summed E-state index contributed by atoms with van der Waals surface area (Å²) in [6.45, 7) is 0. The topological polar surface area (TPSA) is 70.3 Å². The van der Waals surface area contributed by atoms with E-state index in [4.69, 9.17) is 4.42 Å². The number of carbonyl (C=O) groups excluding carboxylic acids is 1. The van der Waals surface area contributed by atoms with Gasteiger partial charge in [-0.15, -0.1) is 0 Å². The summed E-state index contributed by atoms with van der Waals surface area (Å²) in [4.78, 5) is 22.3. The quantitative estimate of drug-likeness (QED) is 0.509. The van der Waals surface area contributed by atoms with Crippen LogP contribution in [0.4, 0.5) is 0 Å². The molecule has 0 spiro atoms. The molecule has 3 rings (SSSR count). The Kier molecular flexibility index (Phi) is 2.56. The van der Waals surface area contributed by atoms with Gasteiger partial charge in [0.25, 0.3) is 0 Å². The molecule has 0 aliphatic carbocycles. The summed E-state index contributed by atoms with van der Waals surface area (Å²) >= 11 is 0. The van der Waals surface area contributed by atoms with Crippen molar-refractivity contribution < 1.29 is 14.3 Å². The lowest BCUT2D eigenvalue weighted by atomic mass is 10.0. The van der Waals surface area contributed by atoms with E-state index in [1.807, 2.05) is 30.3 Å². The lowest BCUT2D eigenvalue weighted by molar-refractivity contribution is -0.304. The Hall–Kier alpha value is -2.62. The zero-order valence-electron chi connectivity index (χ0n) is 9.88. The molecular weight excluding hydrogens is 244 g/mol. The second-order valence-corrected chi connectivity index (χ2v) is 4.30. The molecule has 3 aromatic rings. The van der Waals surface area contributed by atoms with Crippen molar-refractivity contribution in [1.29, 1.82) is 0 Å². The number of aliphatic carboxylic acids is 1. The fourth-order valence-electron chi connectivity index (χ4n) is 2.26. The van der Waals surface area contributed by atoms with Crippen LogP contribution < -0.4 is 10.7 Å². The molecule has 1 aromatic heterocycles. The monoisotopic (exact) mass is 253 g/mol. The van der Waals surface area contributed by atoms with Gasteiger partial charge in [-0.1, -0.05) is 36.4 Å². The molecule has 4 nitrogen and oxygen atoms in total. The van der Waals surface area contributed by atoms with Gasteiger partial charge in [0.1, 0.15) is 5.58 Å². The van der Waals surface area contributed by atoms with Crippen LogP contribution in [0, 0.1) is 0 Å². The maximum atomic E-state index is 11.5. The Morgan fingerprint density at radius 3 is 2.68 bits per heavy atom. The molecule has 0 N–H and O–H groups in total. The molecule has 0 aliphatic rings. The van der Waals surface area contributed by atoms with Crippen molar-refractivity contribution in [3.8, 4) is 0 Å². The lowest BCUT2D eigenvalue weighted by Gasteiger charge is -2.08. The molecule has 0 fully saturated rings. The Labute approximate surface area is 107 Å². The Morgan fingerprint density at radius 2 is 1.89 bits per heavy atom. The molecule has 94 valence electrons. The van der Waals surface area contributed by atoms with Gasteiger partial charge in [-0.05, 0) is 10.9 Å². The van der Waals surface area contributed by atoms with Crippen LogP contribution in [0.5, 0.6) is 0 Å². The standard InChI is InChI=1S/C15H10O4/c16-13(17)7-10-8-14(18)19-15-11-4-2-1-3-9(11)5-6-12(10)15/h1-6,8H,7H2,(H,16,17)/p-1. The van der Waals surface area contributed by atoms with Crippen molar-refractivity contribution in [2.45, 2.75) is 6.42 Å². The van der Waals surface area contributed by atoms with Crippen LogP contribution in [-0.4, -0.2) is 5.97 Å². The van der Waals surface area contributed by atoms with Crippen molar-refractivity contribution in [1.82, 2.24) is 0 Å². The van der Waals surface area contributed by atoms with Crippen molar-refractivity contribution in [3.63, 3.8) is 0 Å². The van der Waals surface area contributed by atoms with E-state index in [9.17, 15) is 14.7 Å². The molecule has 2 aromatic carbocycles. The van der Waals surface area contributed by atoms with Crippen molar-refractivity contribution >= 4 is 27.7 Å². The fraction of sp³-hybridized carbons (Fsp3) is 0.0667. The summed E-state index contributed by atoms with van der Waals surface area (Å²) in [5.41, 5.74) is 0.277. The van der Waals surface area contributed by atoms with Crippen LogP contribution in [0.3, 0.4) is 0 Å². The van der Waals surface area contributed by atoms with Gasteiger partial charge >= 0.3 is 5.63 Å². The first kappa shape index (κ1) is 11.5. The van der Waals surface area contributed by atoms with Gasteiger partial charge < -0.3 is 14.3 Å². The molecule has 0 aliphatic heterocycles. The molecule has 1 heterocycles. The number of fused-ring (bicyclic) bond motifs is 3. The highest BCUT2D eigenvalue weighted by atomic mass is 16.4. The van der Waals surface area contributed by atoms with E-state index in [0.717, 1.165) is 10.8 Å². The number of carboxylic acids is 1. The number of benzene rings is 2. The fourth-order valence-corrected chi connectivity index (χ4v) is 2.26. The van der Waals surface area contributed by atoms with Gasteiger partial charge in [-0.3, -0.25) is 0 Å². The van der Waals surface area contributed by atoms with Crippen LogP contribution in [0.15, 0.2) is 51.7 Å². The van der Waals surface area contributed by atoms with Crippen LogP contribution in [0.1, 0.15) is 5.56 Å². The van der Waals surface area contributed by atoms with E-state index in [0.29, 0.717) is 16.5 Å². The molecule has 0 saturated carbocycles. The molecular formula is C15H9O4-. The molecule has 0 amide bonds. The molecule has 19 heavy (non-hydrogen) atoms. The summed E-state index contributed by atoms with van der Waals surface area (Å²) in [7, 11) is 0. The van der Waals surface area contributed by atoms with Crippen molar-refractivity contribution in [3.05, 3.63) is 58.4 Å². The summed E-state index contributed by atoms with van der Waals surface area (Å²) < 4.78 is 5.23. The molecule has 0 atom stereocenters. The van der Waals surface area contributed by atoms with Crippen molar-refractivity contribution in [2.75, 3.05) is 0 Å². The van der Waals surface area contributed by atoms with Gasteiger partial charge in [0.2, 0.25) is 0 Å². The maximum absolute atomic E-state index is 11.5. The van der Waals surface area contributed by atoms with Crippen LogP contribution in [0.25, 0.3) is 21.7 Å². The average molecular weight is 253 g/mol. The predicted octanol–water partition coefficient (Wildman–Crippen LogP) is 1.24. The zero-order chi connectivity index (χ0) is 13.4. The third kappa shape index (κ3) is 1.97. The number of hydrogen-bond donors (Lipinski definition) is 0. The highest BCUT2D eigenvalue weighted by Crippen LogP contribution is 2.26. The van der Waals surface area contributed by atoms with Gasteiger partial charge in [0.15, 0.2) is 0 Å². The molecule has 0 saturated heterocycles. The maximum Gasteiger partial charge on any atom is 0.336 e. The number of carbonyl (C=O) groups is 1. The van der Waals surface area contributed by atoms with Gasteiger partial charge in [-0.25, -0.2) is 4.79 Å². The minimum atomic E-state index is -1.22. The van der Waals surface area contributed by atoms with E-state index >= 15 is 0 Å². The first-order valence-electron chi connectivity index (χ1n) is 5.79. The van der Waals surface area contributed by atoms with Gasteiger partial charge in [-0.2, -0.15) is 0 Å². The summed E-state index contributed by atoms with van der Waals surface area (Å²) in [6, 6.07) is 12.3. The van der Waals surface area contributed by atoms with Gasteiger partial charge in [0, 0.05) is 29.2 Å². The van der Waals surface area contributed by atoms with E-state index < -0.39 is 11.6 Å². The second kappa shape index (κ2) is 4.24. The van der Waals surface area contributed by atoms with Gasteiger partial charge in [0.05, 0.1) is 0 Å². The van der Waals surface area contributed by atoms with Crippen LogP contribution in [-0.2, 0) is 11.2 Å². The zero-order valence-corrected chi connectivity index (χ0v) is 9.88. The molecule has 0 radical (unpaired) electrons. The first-order chi connectivity index (χ1) is 9.15. The van der Waals surface area contributed by atoms with Crippen molar-refractivity contribution in [2.24, 2.45) is 0 Å². The smallest absolute Gasteiger partial charge is 0.336 e. The third-order valence-electron chi connectivity index (χ3n) is 3.06. The van der Waals surface area contributed by atoms with E-state index in [1.165, 1.54) is 6.07 Å². The highest BCUT2D eigenvalue weighted by Gasteiger charge is 2.08. The number of rotatable bonds is 2. The SMILES string of the molecule is O=C([O-])Cc1cc(=O)oc2c1ccc1ccccc12. The molecule has 0 unspecified atom stereocenters. The summed E-state index contributed by atoms with van der Waals surface area (Å²) in [6.07, 6.45) is -0.305. The Morgan fingerprint density at radius 1 is 1.11 bits per heavy atom.